The van der Waals surface area contributed by atoms with Crippen LogP contribution in [0.4, 0.5) is 0 Å². The molecule has 0 unspecified atom stereocenters. The molecule has 2 rings (SSSR count). The van der Waals surface area contributed by atoms with Crippen LogP contribution in [0.2, 0.25) is 0 Å². The fourth-order valence-corrected chi connectivity index (χ4v) is 3.27. The van der Waals surface area contributed by atoms with Gasteiger partial charge in [0.2, 0.25) is 0 Å². The molecule has 3 nitrogen and oxygen atoms in total. The Hall–Kier alpha value is -0.870. The maximum atomic E-state index is 12.2. The zero-order chi connectivity index (χ0) is 15.1. The number of amides is 1. The second-order valence-corrected chi connectivity index (χ2v) is 6.74. The average Bonchev–Trinajstić information content (AvgIpc) is 2.74. The van der Waals surface area contributed by atoms with Gasteiger partial charge in [0.05, 0.1) is 5.56 Å². The van der Waals surface area contributed by atoms with Crippen LogP contribution in [0.3, 0.4) is 0 Å². The van der Waals surface area contributed by atoms with E-state index in [4.69, 9.17) is 0 Å². The SMILES string of the molecule is Cc1ccc(Br)c(C(=O)NCCNC2CCCCCC2)c1. The molecule has 1 saturated carbocycles. The van der Waals surface area contributed by atoms with Gasteiger partial charge in [0.15, 0.2) is 0 Å². The van der Waals surface area contributed by atoms with Gasteiger partial charge in [-0.05, 0) is 47.8 Å². The van der Waals surface area contributed by atoms with Crippen LogP contribution < -0.4 is 10.6 Å². The monoisotopic (exact) mass is 352 g/mol. The zero-order valence-electron chi connectivity index (χ0n) is 12.8. The van der Waals surface area contributed by atoms with Crippen molar-refractivity contribution in [2.45, 2.75) is 51.5 Å². The first kappa shape index (κ1) is 16.5. The third-order valence-electron chi connectivity index (χ3n) is 4.07. The van der Waals surface area contributed by atoms with E-state index in [1.165, 1.54) is 38.5 Å². The van der Waals surface area contributed by atoms with Gasteiger partial charge < -0.3 is 10.6 Å². The van der Waals surface area contributed by atoms with Crippen molar-refractivity contribution in [2.24, 2.45) is 0 Å². The molecule has 0 spiro atoms. The number of hydrogen-bond acceptors (Lipinski definition) is 2. The molecule has 1 amide bonds. The predicted molar refractivity (Wildman–Crippen MR) is 90.7 cm³/mol. The van der Waals surface area contributed by atoms with Gasteiger partial charge in [-0.15, -0.1) is 0 Å². The summed E-state index contributed by atoms with van der Waals surface area (Å²) in [5.41, 5.74) is 1.81. The van der Waals surface area contributed by atoms with Crippen LogP contribution in [0.5, 0.6) is 0 Å². The highest BCUT2D eigenvalue weighted by Gasteiger charge is 2.12. The Balaban J connectivity index is 1.72. The van der Waals surface area contributed by atoms with E-state index < -0.39 is 0 Å². The minimum atomic E-state index is -0.00626. The summed E-state index contributed by atoms with van der Waals surface area (Å²) in [7, 11) is 0. The highest BCUT2D eigenvalue weighted by molar-refractivity contribution is 9.10. The Morgan fingerprint density at radius 3 is 2.62 bits per heavy atom. The summed E-state index contributed by atoms with van der Waals surface area (Å²) < 4.78 is 0.849. The number of halogens is 1. The van der Waals surface area contributed by atoms with Crippen LogP contribution in [0, 0.1) is 6.92 Å². The molecule has 0 radical (unpaired) electrons. The molecule has 4 heteroatoms. The summed E-state index contributed by atoms with van der Waals surface area (Å²) in [5.74, 6) is -0.00626. The Morgan fingerprint density at radius 2 is 1.90 bits per heavy atom. The molecule has 1 fully saturated rings. The van der Waals surface area contributed by atoms with Gasteiger partial charge in [0.1, 0.15) is 0 Å². The summed E-state index contributed by atoms with van der Waals surface area (Å²) in [5, 5.41) is 6.56. The molecule has 0 saturated heterocycles. The van der Waals surface area contributed by atoms with Crippen LogP contribution in [-0.2, 0) is 0 Å². The topological polar surface area (TPSA) is 41.1 Å². The minimum Gasteiger partial charge on any atom is -0.351 e. The first-order chi connectivity index (χ1) is 10.2. The van der Waals surface area contributed by atoms with E-state index in [9.17, 15) is 4.79 Å². The number of benzene rings is 1. The van der Waals surface area contributed by atoms with E-state index in [2.05, 4.69) is 26.6 Å². The molecule has 2 N–H and O–H groups in total. The van der Waals surface area contributed by atoms with Gasteiger partial charge in [-0.3, -0.25) is 4.79 Å². The summed E-state index contributed by atoms with van der Waals surface area (Å²) in [6, 6.07) is 6.47. The molecule has 1 aliphatic carbocycles. The summed E-state index contributed by atoms with van der Waals surface area (Å²) in [6.45, 7) is 3.52. The van der Waals surface area contributed by atoms with Crippen molar-refractivity contribution in [3.8, 4) is 0 Å². The van der Waals surface area contributed by atoms with Crippen molar-refractivity contribution in [1.82, 2.24) is 10.6 Å². The fraction of sp³-hybridized carbons (Fsp3) is 0.588. The Kier molecular flexibility index (Phi) is 6.71. The summed E-state index contributed by atoms with van der Waals surface area (Å²) in [6.07, 6.45) is 7.96. The second-order valence-electron chi connectivity index (χ2n) is 5.88. The van der Waals surface area contributed by atoms with E-state index in [1.54, 1.807) is 0 Å². The van der Waals surface area contributed by atoms with Crippen LogP contribution in [0.25, 0.3) is 0 Å². The molecule has 21 heavy (non-hydrogen) atoms. The standard InChI is InChI=1S/C17H25BrN2O/c1-13-8-9-16(18)15(12-13)17(21)20-11-10-19-14-6-4-2-3-5-7-14/h8-9,12,14,19H,2-7,10-11H2,1H3,(H,20,21). The lowest BCUT2D eigenvalue weighted by molar-refractivity contribution is 0.0952. The molecule has 0 aromatic heterocycles. The zero-order valence-corrected chi connectivity index (χ0v) is 14.3. The van der Waals surface area contributed by atoms with Crippen LogP contribution in [0.15, 0.2) is 22.7 Å². The summed E-state index contributed by atoms with van der Waals surface area (Å²) in [4.78, 5) is 12.2. The summed E-state index contributed by atoms with van der Waals surface area (Å²) >= 11 is 3.43. The third kappa shape index (κ3) is 5.44. The minimum absolute atomic E-state index is 0.00626. The average molecular weight is 353 g/mol. The Bertz CT molecular complexity index is 468. The Labute approximate surface area is 136 Å². The molecule has 0 heterocycles. The number of nitrogens with one attached hydrogen (secondary N) is 2. The van der Waals surface area contributed by atoms with Crippen molar-refractivity contribution in [3.63, 3.8) is 0 Å². The highest BCUT2D eigenvalue weighted by atomic mass is 79.9. The number of hydrogen-bond donors (Lipinski definition) is 2. The van der Waals surface area contributed by atoms with Crippen molar-refractivity contribution in [1.29, 1.82) is 0 Å². The maximum Gasteiger partial charge on any atom is 0.252 e. The smallest absolute Gasteiger partial charge is 0.252 e. The first-order valence-electron chi connectivity index (χ1n) is 7.94. The van der Waals surface area contributed by atoms with E-state index in [0.717, 1.165) is 16.6 Å². The lowest BCUT2D eigenvalue weighted by atomic mass is 10.1. The molecular weight excluding hydrogens is 328 g/mol. The van der Waals surface area contributed by atoms with Crippen molar-refractivity contribution >= 4 is 21.8 Å². The van der Waals surface area contributed by atoms with Gasteiger partial charge in [0.25, 0.3) is 5.91 Å². The van der Waals surface area contributed by atoms with Crippen LogP contribution in [-0.4, -0.2) is 25.0 Å². The molecule has 1 aliphatic rings. The van der Waals surface area contributed by atoms with Gasteiger partial charge in [-0.2, -0.15) is 0 Å². The normalized spacial score (nSPS) is 16.5. The van der Waals surface area contributed by atoms with Crippen molar-refractivity contribution in [2.75, 3.05) is 13.1 Å². The van der Waals surface area contributed by atoms with E-state index in [-0.39, 0.29) is 5.91 Å². The molecule has 1 aromatic carbocycles. The van der Waals surface area contributed by atoms with Crippen LogP contribution in [0.1, 0.15) is 54.4 Å². The van der Waals surface area contributed by atoms with Gasteiger partial charge in [0, 0.05) is 23.6 Å². The maximum absolute atomic E-state index is 12.2. The van der Waals surface area contributed by atoms with Crippen molar-refractivity contribution < 1.29 is 4.79 Å². The predicted octanol–water partition coefficient (Wildman–Crippen LogP) is 3.80. The number of carbonyl (C=O) groups excluding carboxylic acids is 1. The van der Waals surface area contributed by atoms with E-state index in [0.29, 0.717) is 18.2 Å². The molecule has 0 bridgehead atoms. The van der Waals surface area contributed by atoms with Crippen molar-refractivity contribution in [3.05, 3.63) is 33.8 Å². The molecule has 1 aromatic rings. The molecule has 116 valence electrons. The quantitative estimate of drug-likeness (QED) is 0.625. The van der Waals surface area contributed by atoms with Gasteiger partial charge >= 0.3 is 0 Å². The molecule has 0 atom stereocenters. The largest absolute Gasteiger partial charge is 0.351 e. The number of rotatable bonds is 5. The lowest BCUT2D eigenvalue weighted by Gasteiger charge is -2.16. The number of carbonyl (C=O) groups is 1. The third-order valence-corrected chi connectivity index (χ3v) is 4.76. The van der Waals surface area contributed by atoms with Crippen LogP contribution >= 0.6 is 15.9 Å². The molecule has 0 aliphatic heterocycles. The lowest BCUT2D eigenvalue weighted by Crippen LogP contribution is -2.37. The first-order valence-corrected chi connectivity index (χ1v) is 8.74. The fourth-order valence-electron chi connectivity index (χ4n) is 2.84. The number of aryl methyl sites for hydroxylation is 1. The second kappa shape index (κ2) is 8.54. The van der Waals surface area contributed by atoms with Gasteiger partial charge in [-0.1, -0.05) is 37.3 Å². The van der Waals surface area contributed by atoms with E-state index >= 15 is 0 Å². The Morgan fingerprint density at radius 1 is 1.19 bits per heavy atom. The van der Waals surface area contributed by atoms with E-state index in [1.807, 2.05) is 25.1 Å². The molecular formula is C17H25BrN2O. The highest BCUT2D eigenvalue weighted by Crippen LogP contribution is 2.18. The van der Waals surface area contributed by atoms with Gasteiger partial charge in [-0.25, -0.2) is 0 Å².